The molecule has 90 valence electrons. The van der Waals surface area contributed by atoms with Gasteiger partial charge in [-0.2, -0.15) is 0 Å². The standard InChI is InChI=1S/C15H13NOS/c1-11(17)16-10-12-6-2-4-8-14(12)18-15-9-5-3-7-13(15)16/h2-9H,10H2,1H3. The number of benzene rings is 2. The van der Waals surface area contributed by atoms with Crippen LogP contribution in [-0.4, -0.2) is 5.91 Å². The molecule has 2 aromatic rings. The summed E-state index contributed by atoms with van der Waals surface area (Å²) in [4.78, 5) is 16.0. The first-order valence-electron chi connectivity index (χ1n) is 5.88. The SMILES string of the molecule is CC(=O)N1Cc2ccccc2Sc2ccccc21. The van der Waals surface area contributed by atoms with Gasteiger partial charge in [0.1, 0.15) is 0 Å². The molecule has 0 N–H and O–H groups in total. The summed E-state index contributed by atoms with van der Waals surface area (Å²) in [5.74, 6) is 0.0831. The molecule has 2 aromatic carbocycles. The fraction of sp³-hybridized carbons (Fsp3) is 0.133. The molecule has 0 radical (unpaired) electrons. The van der Waals surface area contributed by atoms with Gasteiger partial charge in [0, 0.05) is 16.7 Å². The number of nitrogens with zero attached hydrogens (tertiary/aromatic N) is 1. The molecule has 0 bridgehead atoms. The van der Waals surface area contributed by atoms with Gasteiger partial charge in [-0.3, -0.25) is 4.79 Å². The van der Waals surface area contributed by atoms with E-state index in [1.54, 1.807) is 18.7 Å². The van der Waals surface area contributed by atoms with Gasteiger partial charge in [-0.1, -0.05) is 42.1 Å². The predicted octanol–water partition coefficient (Wildman–Crippen LogP) is 3.70. The summed E-state index contributed by atoms with van der Waals surface area (Å²) in [5.41, 5.74) is 2.21. The summed E-state index contributed by atoms with van der Waals surface area (Å²) < 4.78 is 0. The normalized spacial score (nSPS) is 13.5. The van der Waals surface area contributed by atoms with Crippen molar-refractivity contribution >= 4 is 23.4 Å². The number of para-hydroxylation sites is 1. The van der Waals surface area contributed by atoms with Crippen molar-refractivity contribution in [3.8, 4) is 0 Å². The van der Waals surface area contributed by atoms with Crippen molar-refractivity contribution < 1.29 is 4.79 Å². The van der Waals surface area contributed by atoms with E-state index in [1.807, 2.05) is 35.2 Å². The van der Waals surface area contributed by atoms with Crippen LogP contribution in [0.4, 0.5) is 5.69 Å². The maximum atomic E-state index is 11.8. The van der Waals surface area contributed by atoms with Crippen LogP contribution in [0.2, 0.25) is 0 Å². The Labute approximate surface area is 111 Å². The van der Waals surface area contributed by atoms with E-state index in [-0.39, 0.29) is 5.91 Å². The van der Waals surface area contributed by atoms with E-state index >= 15 is 0 Å². The van der Waals surface area contributed by atoms with Crippen LogP contribution in [0.5, 0.6) is 0 Å². The molecule has 0 fully saturated rings. The molecule has 1 aliphatic heterocycles. The monoisotopic (exact) mass is 255 g/mol. The number of hydrogen-bond donors (Lipinski definition) is 0. The topological polar surface area (TPSA) is 20.3 Å². The fourth-order valence-corrected chi connectivity index (χ4v) is 3.23. The lowest BCUT2D eigenvalue weighted by Crippen LogP contribution is -2.27. The summed E-state index contributed by atoms with van der Waals surface area (Å²) in [5, 5.41) is 0. The molecule has 3 rings (SSSR count). The van der Waals surface area contributed by atoms with E-state index in [4.69, 9.17) is 0 Å². The second kappa shape index (κ2) is 4.50. The van der Waals surface area contributed by atoms with Gasteiger partial charge in [0.05, 0.1) is 12.2 Å². The van der Waals surface area contributed by atoms with E-state index in [2.05, 4.69) is 18.2 Å². The van der Waals surface area contributed by atoms with Crippen LogP contribution in [0.3, 0.4) is 0 Å². The first kappa shape index (κ1) is 11.4. The summed E-state index contributed by atoms with van der Waals surface area (Å²) in [6, 6.07) is 16.3. The van der Waals surface area contributed by atoms with Crippen LogP contribution >= 0.6 is 11.8 Å². The molecule has 0 spiro atoms. The lowest BCUT2D eigenvalue weighted by atomic mass is 10.2. The molecule has 1 heterocycles. The first-order valence-corrected chi connectivity index (χ1v) is 6.70. The van der Waals surface area contributed by atoms with E-state index in [9.17, 15) is 4.79 Å². The number of carbonyl (C=O) groups excluding carboxylic acids is 1. The number of rotatable bonds is 0. The first-order chi connectivity index (χ1) is 8.75. The largest absolute Gasteiger partial charge is 0.307 e. The molecular formula is C15H13NOS. The second-order valence-electron chi connectivity index (χ2n) is 4.28. The van der Waals surface area contributed by atoms with Crippen molar-refractivity contribution in [3.63, 3.8) is 0 Å². The van der Waals surface area contributed by atoms with Crippen molar-refractivity contribution in [1.29, 1.82) is 0 Å². The van der Waals surface area contributed by atoms with Gasteiger partial charge < -0.3 is 4.90 Å². The molecule has 3 heteroatoms. The minimum absolute atomic E-state index is 0.0831. The average molecular weight is 255 g/mol. The van der Waals surface area contributed by atoms with E-state index < -0.39 is 0 Å². The highest BCUT2D eigenvalue weighted by Crippen LogP contribution is 2.40. The highest BCUT2D eigenvalue weighted by molar-refractivity contribution is 7.99. The number of amides is 1. The van der Waals surface area contributed by atoms with E-state index in [0.29, 0.717) is 6.54 Å². The van der Waals surface area contributed by atoms with Crippen molar-refractivity contribution in [1.82, 2.24) is 0 Å². The fourth-order valence-electron chi connectivity index (χ4n) is 2.16. The zero-order valence-corrected chi connectivity index (χ0v) is 10.9. The van der Waals surface area contributed by atoms with Gasteiger partial charge in [-0.25, -0.2) is 0 Å². The third-order valence-electron chi connectivity index (χ3n) is 3.06. The van der Waals surface area contributed by atoms with Gasteiger partial charge in [0.15, 0.2) is 0 Å². The molecule has 1 aliphatic rings. The van der Waals surface area contributed by atoms with Gasteiger partial charge in [-0.15, -0.1) is 0 Å². The Bertz CT molecular complexity index is 609. The molecule has 2 nitrogen and oxygen atoms in total. The number of hydrogen-bond acceptors (Lipinski definition) is 2. The minimum atomic E-state index is 0.0831. The van der Waals surface area contributed by atoms with Crippen LogP contribution in [-0.2, 0) is 11.3 Å². The Morgan fingerprint density at radius 1 is 1.06 bits per heavy atom. The van der Waals surface area contributed by atoms with E-state index in [1.165, 1.54) is 10.5 Å². The highest BCUT2D eigenvalue weighted by Gasteiger charge is 2.21. The van der Waals surface area contributed by atoms with Crippen LogP contribution in [0, 0.1) is 0 Å². The Morgan fingerprint density at radius 2 is 1.72 bits per heavy atom. The van der Waals surface area contributed by atoms with Crippen molar-refractivity contribution in [2.24, 2.45) is 0 Å². The molecule has 0 aliphatic carbocycles. The third-order valence-corrected chi connectivity index (χ3v) is 4.24. The van der Waals surface area contributed by atoms with Crippen molar-refractivity contribution in [2.45, 2.75) is 23.3 Å². The van der Waals surface area contributed by atoms with Crippen LogP contribution in [0.15, 0.2) is 58.3 Å². The quantitative estimate of drug-likeness (QED) is 0.715. The summed E-state index contributed by atoms with van der Waals surface area (Å²) in [6.45, 7) is 2.27. The maximum absolute atomic E-state index is 11.8. The number of anilines is 1. The number of fused-ring (bicyclic) bond motifs is 2. The molecule has 0 aromatic heterocycles. The summed E-state index contributed by atoms with van der Waals surface area (Å²) in [6.07, 6.45) is 0. The lowest BCUT2D eigenvalue weighted by Gasteiger charge is -2.20. The maximum Gasteiger partial charge on any atom is 0.224 e. The van der Waals surface area contributed by atoms with Gasteiger partial charge in [0.2, 0.25) is 5.91 Å². The average Bonchev–Trinajstić information content (AvgIpc) is 2.55. The van der Waals surface area contributed by atoms with Gasteiger partial charge in [-0.05, 0) is 23.8 Å². The van der Waals surface area contributed by atoms with E-state index in [0.717, 1.165) is 10.6 Å². The second-order valence-corrected chi connectivity index (χ2v) is 5.37. The summed E-state index contributed by atoms with van der Waals surface area (Å²) >= 11 is 1.73. The van der Waals surface area contributed by atoms with Gasteiger partial charge >= 0.3 is 0 Å². The molecule has 1 amide bonds. The Morgan fingerprint density at radius 3 is 2.50 bits per heavy atom. The Balaban J connectivity index is 2.17. The smallest absolute Gasteiger partial charge is 0.224 e. The highest BCUT2D eigenvalue weighted by atomic mass is 32.2. The predicted molar refractivity (Wildman–Crippen MR) is 73.9 cm³/mol. The zero-order chi connectivity index (χ0) is 12.5. The molecular weight excluding hydrogens is 242 g/mol. The molecule has 0 saturated heterocycles. The Hall–Kier alpha value is -1.74. The van der Waals surface area contributed by atoms with Crippen molar-refractivity contribution in [3.05, 3.63) is 54.1 Å². The van der Waals surface area contributed by atoms with Crippen LogP contribution in [0.25, 0.3) is 0 Å². The summed E-state index contributed by atoms with van der Waals surface area (Å²) in [7, 11) is 0. The molecule has 0 saturated carbocycles. The van der Waals surface area contributed by atoms with Crippen LogP contribution < -0.4 is 4.90 Å². The zero-order valence-electron chi connectivity index (χ0n) is 10.1. The number of carbonyl (C=O) groups is 1. The molecule has 0 unspecified atom stereocenters. The minimum Gasteiger partial charge on any atom is -0.307 e. The third kappa shape index (κ3) is 1.91. The lowest BCUT2D eigenvalue weighted by molar-refractivity contribution is -0.116. The van der Waals surface area contributed by atoms with Crippen LogP contribution in [0.1, 0.15) is 12.5 Å². The van der Waals surface area contributed by atoms with Crippen molar-refractivity contribution in [2.75, 3.05) is 4.90 Å². The van der Waals surface area contributed by atoms with Gasteiger partial charge in [0.25, 0.3) is 0 Å². The molecule has 0 atom stereocenters. The Kier molecular flexibility index (Phi) is 2.84. The molecule has 18 heavy (non-hydrogen) atoms.